The first-order chi connectivity index (χ1) is 9.23. The van der Waals surface area contributed by atoms with Gasteiger partial charge in [-0.1, -0.05) is 6.92 Å². The van der Waals surface area contributed by atoms with Gasteiger partial charge in [0.2, 0.25) is 0 Å². The van der Waals surface area contributed by atoms with Crippen LogP contribution in [0.4, 0.5) is 4.79 Å². The molecule has 3 amide bonds. The molecule has 0 aromatic heterocycles. The van der Waals surface area contributed by atoms with E-state index < -0.39 is 17.9 Å². The summed E-state index contributed by atoms with van der Waals surface area (Å²) in [5, 5.41) is 11.1. The van der Waals surface area contributed by atoms with Gasteiger partial charge in [0.25, 0.3) is 5.91 Å². The van der Waals surface area contributed by atoms with Gasteiger partial charge in [-0.05, 0) is 39.5 Å². The summed E-state index contributed by atoms with van der Waals surface area (Å²) >= 11 is 0. The standard InChI is InChI=1S/C14H22N2O4/c1-8-5-6-16(9(2)7-8)14(20)15-12(17)10(3)11(4)13(18)19/h8-9H,5-7H2,1-4H3,(H,18,19)(H,15,17,20). The molecule has 0 aliphatic carbocycles. The summed E-state index contributed by atoms with van der Waals surface area (Å²) in [4.78, 5) is 36.3. The average Bonchev–Trinajstić information content (AvgIpc) is 2.36. The van der Waals surface area contributed by atoms with Gasteiger partial charge in [0.15, 0.2) is 0 Å². The maximum atomic E-state index is 12.0. The number of likely N-dealkylation sites (tertiary alicyclic amines) is 1. The molecule has 2 N–H and O–H groups in total. The van der Waals surface area contributed by atoms with Crippen molar-refractivity contribution in [3.05, 3.63) is 11.1 Å². The second-order valence-electron chi connectivity index (χ2n) is 5.49. The average molecular weight is 282 g/mol. The van der Waals surface area contributed by atoms with Crippen molar-refractivity contribution < 1.29 is 19.5 Å². The minimum Gasteiger partial charge on any atom is -0.478 e. The molecule has 2 atom stereocenters. The van der Waals surface area contributed by atoms with Crippen molar-refractivity contribution in [1.29, 1.82) is 0 Å². The molecular formula is C14H22N2O4. The minimum atomic E-state index is -1.16. The molecule has 6 heteroatoms. The van der Waals surface area contributed by atoms with Crippen LogP contribution in [0.1, 0.15) is 40.5 Å². The molecule has 1 heterocycles. The van der Waals surface area contributed by atoms with Gasteiger partial charge in [-0.25, -0.2) is 9.59 Å². The Morgan fingerprint density at radius 3 is 2.25 bits per heavy atom. The second-order valence-corrected chi connectivity index (χ2v) is 5.49. The number of carboxylic acid groups (broad SMARTS) is 1. The van der Waals surface area contributed by atoms with Crippen molar-refractivity contribution in [2.75, 3.05) is 6.54 Å². The highest BCUT2D eigenvalue weighted by molar-refractivity contribution is 6.07. The molecule has 112 valence electrons. The van der Waals surface area contributed by atoms with E-state index in [9.17, 15) is 14.4 Å². The van der Waals surface area contributed by atoms with Gasteiger partial charge in [0.05, 0.1) is 0 Å². The van der Waals surface area contributed by atoms with Crippen molar-refractivity contribution >= 4 is 17.9 Å². The van der Waals surface area contributed by atoms with E-state index >= 15 is 0 Å². The zero-order valence-corrected chi connectivity index (χ0v) is 12.4. The molecular weight excluding hydrogens is 260 g/mol. The highest BCUT2D eigenvalue weighted by atomic mass is 16.4. The van der Waals surface area contributed by atoms with E-state index in [-0.39, 0.29) is 17.2 Å². The van der Waals surface area contributed by atoms with Crippen LogP contribution in [-0.4, -0.2) is 40.5 Å². The molecule has 1 fully saturated rings. The van der Waals surface area contributed by atoms with Gasteiger partial charge < -0.3 is 10.0 Å². The molecule has 2 unspecified atom stereocenters. The molecule has 20 heavy (non-hydrogen) atoms. The van der Waals surface area contributed by atoms with E-state index in [0.717, 1.165) is 12.8 Å². The Balaban J connectivity index is 2.69. The highest BCUT2D eigenvalue weighted by Crippen LogP contribution is 2.22. The summed E-state index contributed by atoms with van der Waals surface area (Å²) in [7, 11) is 0. The number of carbonyl (C=O) groups is 3. The maximum absolute atomic E-state index is 12.0. The van der Waals surface area contributed by atoms with Gasteiger partial charge in [-0.15, -0.1) is 0 Å². The number of rotatable bonds is 2. The number of urea groups is 1. The molecule has 0 saturated carbocycles. The summed E-state index contributed by atoms with van der Waals surface area (Å²) in [5.74, 6) is -1.24. The molecule has 1 aliphatic rings. The normalized spacial score (nSPS) is 23.9. The minimum absolute atomic E-state index is 0.0453. The third kappa shape index (κ3) is 3.82. The van der Waals surface area contributed by atoms with Crippen molar-refractivity contribution in [1.82, 2.24) is 10.2 Å². The summed E-state index contributed by atoms with van der Waals surface area (Å²) in [6.45, 7) is 7.44. The van der Waals surface area contributed by atoms with Gasteiger partial charge in [0.1, 0.15) is 0 Å². The summed E-state index contributed by atoms with van der Waals surface area (Å²) in [6.07, 6.45) is 1.82. The van der Waals surface area contributed by atoms with Gasteiger partial charge >= 0.3 is 12.0 Å². The number of amides is 3. The zero-order chi connectivity index (χ0) is 15.4. The van der Waals surface area contributed by atoms with Crippen molar-refractivity contribution in [2.24, 2.45) is 5.92 Å². The van der Waals surface area contributed by atoms with Crippen LogP contribution in [0.5, 0.6) is 0 Å². The van der Waals surface area contributed by atoms with Crippen LogP contribution in [0.2, 0.25) is 0 Å². The van der Waals surface area contributed by atoms with Gasteiger partial charge in [-0.3, -0.25) is 10.1 Å². The van der Waals surface area contributed by atoms with Crippen LogP contribution in [0.15, 0.2) is 11.1 Å². The fraction of sp³-hybridized carbons (Fsp3) is 0.643. The van der Waals surface area contributed by atoms with E-state index in [1.807, 2.05) is 6.92 Å². The van der Waals surface area contributed by atoms with E-state index in [1.54, 1.807) is 4.90 Å². The molecule has 0 aromatic rings. The lowest BCUT2D eigenvalue weighted by Gasteiger charge is -2.36. The Morgan fingerprint density at radius 1 is 1.15 bits per heavy atom. The predicted octanol–water partition coefficient (Wildman–Crippen LogP) is 1.76. The molecule has 0 bridgehead atoms. The number of hydrogen-bond acceptors (Lipinski definition) is 3. The summed E-state index contributed by atoms with van der Waals surface area (Å²) in [6, 6.07) is -0.372. The van der Waals surface area contributed by atoms with Crippen molar-refractivity contribution in [3.8, 4) is 0 Å². The van der Waals surface area contributed by atoms with Crippen LogP contribution in [0.3, 0.4) is 0 Å². The van der Waals surface area contributed by atoms with Crippen molar-refractivity contribution in [3.63, 3.8) is 0 Å². The Morgan fingerprint density at radius 2 is 1.75 bits per heavy atom. The zero-order valence-electron chi connectivity index (χ0n) is 12.4. The highest BCUT2D eigenvalue weighted by Gasteiger charge is 2.28. The number of hydrogen-bond donors (Lipinski definition) is 2. The monoisotopic (exact) mass is 282 g/mol. The fourth-order valence-corrected chi connectivity index (χ4v) is 2.30. The number of piperidine rings is 1. The van der Waals surface area contributed by atoms with Crippen LogP contribution in [0, 0.1) is 5.92 Å². The third-order valence-corrected chi connectivity index (χ3v) is 3.84. The number of nitrogens with one attached hydrogen (secondary N) is 1. The first-order valence-electron chi connectivity index (χ1n) is 6.76. The Bertz CT molecular complexity index is 456. The number of imide groups is 1. The predicted molar refractivity (Wildman–Crippen MR) is 74.1 cm³/mol. The lowest BCUT2D eigenvalue weighted by atomic mass is 9.94. The molecule has 1 rings (SSSR count). The number of aliphatic carboxylic acids is 1. The maximum Gasteiger partial charge on any atom is 0.331 e. The lowest BCUT2D eigenvalue weighted by Crippen LogP contribution is -2.50. The Labute approximate surface area is 118 Å². The van der Waals surface area contributed by atoms with Crippen molar-refractivity contribution in [2.45, 2.75) is 46.6 Å². The second kappa shape index (κ2) is 6.54. The van der Waals surface area contributed by atoms with Gasteiger partial charge in [0, 0.05) is 23.7 Å². The number of carboxylic acids is 1. The Kier molecular flexibility index (Phi) is 5.30. The lowest BCUT2D eigenvalue weighted by molar-refractivity contribution is -0.133. The number of carbonyl (C=O) groups excluding carboxylic acids is 2. The largest absolute Gasteiger partial charge is 0.478 e. The molecule has 0 aromatic carbocycles. The van der Waals surface area contributed by atoms with E-state index in [4.69, 9.17) is 5.11 Å². The fourth-order valence-electron chi connectivity index (χ4n) is 2.30. The van der Waals surface area contributed by atoms with Crippen LogP contribution in [-0.2, 0) is 9.59 Å². The van der Waals surface area contributed by atoms with E-state index in [1.165, 1.54) is 13.8 Å². The van der Waals surface area contributed by atoms with E-state index in [2.05, 4.69) is 12.2 Å². The molecule has 0 radical (unpaired) electrons. The first kappa shape index (κ1) is 16.2. The molecule has 0 spiro atoms. The first-order valence-corrected chi connectivity index (χ1v) is 6.76. The SMILES string of the molecule is CC(C(=O)O)=C(C)C(=O)NC(=O)N1CCC(C)CC1C. The Hall–Kier alpha value is -1.85. The van der Waals surface area contributed by atoms with Gasteiger partial charge in [-0.2, -0.15) is 0 Å². The molecule has 1 saturated heterocycles. The summed E-state index contributed by atoms with van der Waals surface area (Å²) < 4.78 is 0. The van der Waals surface area contributed by atoms with Crippen LogP contribution in [0.25, 0.3) is 0 Å². The van der Waals surface area contributed by atoms with Crippen LogP contribution < -0.4 is 5.32 Å². The molecule has 1 aliphatic heterocycles. The summed E-state index contributed by atoms with van der Waals surface area (Å²) in [5.41, 5.74) is -0.0144. The third-order valence-electron chi connectivity index (χ3n) is 3.84. The topological polar surface area (TPSA) is 86.7 Å². The van der Waals surface area contributed by atoms with Crippen LogP contribution >= 0.6 is 0 Å². The number of nitrogens with zero attached hydrogens (tertiary/aromatic N) is 1. The smallest absolute Gasteiger partial charge is 0.331 e. The van der Waals surface area contributed by atoms with E-state index in [0.29, 0.717) is 12.5 Å². The molecule has 6 nitrogen and oxygen atoms in total. The quantitative estimate of drug-likeness (QED) is 0.756.